The van der Waals surface area contributed by atoms with Gasteiger partial charge < -0.3 is 0 Å². The molecule has 1 aliphatic rings. The molecule has 0 fully saturated rings. The minimum absolute atomic E-state index is 0.109. The molecule has 1 atom stereocenters. The number of fused-ring (bicyclic) bond motifs is 1. The van der Waals surface area contributed by atoms with E-state index in [4.69, 9.17) is 0 Å². The van der Waals surface area contributed by atoms with Gasteiger partial charge in [-0.15, -0.1) is 0 Å². The molecule has 0 aromatic heterocycles. The van der Waals surface area contributed by atoms with E-state index in [0.717, 1.165) is 18.4 Å². The third-order valence-electron chi connectivity index (χ3n) is 4.24. The summed E-state index contributed by atoms with van der Waals surface area (Å²) in [5.74, 6) is -0.471. The average Bonchev–Trinajstić information content (AvgIpc) is 2.92. The van der Waals surface area contributed by atoms with Crippen LogP contribution in [0.2, 0.25) is 0 Å². The van der Waals surface area contributed by atoms with E-state index in [1.54, 1.807) is 7.05 Å². The molecule has 0 radical (unpaired) electrons. The number of halogens is 1. The number of nitrogens with zero attached hydrogens (tertiary/aromatic N) is 1. The maximum absolute atomic E-state index is 12.9. The molecule has 5 heteroatoms. The lowest BCUT2D eigenvalue weighted by Gasteiger charge is -2.24. The first-order chi connectivity index (χ1) is 10.5. The number of aryl methyl sites for hydroxylation is 1. The number of benzene rings is 2. The van der Waals surface area contributed by atoms with Crippen LogP contribution in [0.15, 0.2) is 48.5 Å². The Labute approximate surface area is 130 Å². The highest BCUT2D eigenvalue weighted by Gasteiger charge is 2.32. The zero-order valence-corrected chi connectivity index (χ0v) is 13.2. The van der Waals surface area contributed by atoms with Gasteiger partial charge in [0.15, 0.2) is 0 Å². The summed E-state index contributed by atoms with van der Waals surface area (Å²) in [5.41, 5.74) is 2.91. The van der Waals surface area contributed by atoms with Crippen molar-refractivity contribution in [3.8, 4) is 0 Å². The number of sulfonamides is 1. The highest BCUT2D eigenvalue weighted by Crippen LogP contribution is 2.36. The molecule has 0 saturated heterocycles. The molecule has 0 aliphatic heterocycles. The third-order valence-corrected chi connectivity index (χ3v) is 6.07. The van der Waals surface area contributed by atoms with Crippen LogP contribution in [-0.4, -0.2) is 19.8 Å². The third kappa shape index (κ3) is 2.91. The molecule has 0 saturated carbocycles. The van der Waals surface area contributed by atoms with Crippen LogP contribution in [-0.2, 0) is 22.2 Å². The van der Waals surface area contributed by atoms with E-state index in [1.807, 2.05) is 18.2 Å². The predicted molar refractivity (Wildman–Crippen MR) is 84.3 cm³/mol. The van der Waals surface area contributed by atoms with Crippen LogP contribution in [0.25, 0.3) is 0 Å². The Hall–Kier alpha value is -1.72. The number of rotatable bonds is 4. The molecule has 1 aliphatic carbocycles. The first kappa shape index (κ1) is 15.2. The zero-order valence-electron chi connectivity index (χ0n) is 12.4. The largest absolute Gasteiger partial charge is 0.218 e. The van der Waals surface area contributed by atoms with Crippen LogP contribution in [0.1, 0.15) is 29.2 Å². The van der Waals surface area contributed by atoms with Crippen LogP contribution in [0, 0.1) is 5.82 Å². The molecular formula is C17H18FNO2S. The molecule has 3 rings (SSSR count). The summed E-state index contributed by atoms with van der Waals surface area (Å²) in [7, 11) is -1.81. The Balaban J connectivity index is 1.82. The van der Waals surface area contributed by atoms with Gasteiger partial charge in [0.1, 0.15) is 5.82 Å². The lowest BCUT2D eigenvalue weighted by molar-refractivity contribution is 0.374. The lowest BCUT2D eigenvalue weighted by atomic mass is 10.1. The van der Waals surface area contributed by atoms with Crippen LogP contribution in [0.3, 0.4) is 0 Å². The smallest absolute Gasteiger partial charge is 0.212 e. The standard InChI is InChI=1S/C17H18FNO2S/c1-19(17-11-8-14-4-2-3-5-16(14)17)22(20,21)12-13-6-9-15(18)10-7-13/h2-7,9-10,17H,8,11-12H2,1H3. The average molecular weight is 319 g/mol. The molecule has 0 bridgehead atoms. The Morgan fingerprint density at radius 2 is 1.82 bits per heavy atom. The van der Waals surface area contributed by atoms with Gasteiger partial charge in [0, 0.05) is 13.1 Å². The topological polar surface area (TPSA) is 37.4 Å². The van der Waals surface area contributed by atoms with Crippen molar-refractivity contribution in [2.75, 3.05) is 7.05 Å². The van der Waals surface area contributed by atoms with E-state index in [9.17, 15) is 12.8 Å². The van der Waals surface area contributed by atoms with Gasteiger partial charge in [-0.1, -0.05) is 36.4 Å². The molecule has 2 aromatic carbocycles. The van der Waals surface area contributed by atoms with Crippen molar-refractivity contribution in [1.82, 2.24) is 4.31 Å². The number of hydrogen-bond donors (Lipinski definition) is 0. The quantitative estimate of drug-likeness (QED) is 0.867. The van der Waals surface area contributed by atoms with Crippen molar-refractivity contribution >= 4 is 10.0 Å². The molecular weight excluding hydrogens is 301 g/mol. The fourth-order valence-electron chi connectivity index (χ4n) is 3.00. The van der Waals surface area contributed by atoms with Crippen molar-refractivity contribution < 1.29 is 12.8 Å². The van der Waals surface area contributed by atoms with Gasteiger partial charge in [-0.05, 0) is 41.7 Å². The Bertz CT molecular complexity index is 772. The van der Waals surface area contributed by atoms with Crippen molar-refractivity contribution in [2.45, 2.75) is 24.6 Å². The fraction of sp³-hybridized carbons (Fsp3) is 0.294. The maximum atomic E-state index is 12.9. The molecule has 0 spiro atoms. The van der Waals surface area contributed by atoms with E-state index >= 15 is 0 Å². The molecule has 0 N–H and O–H groups in total. The van der Waals surface area contributed by atoms with E-state index in [1.165, 1.54) is 34.1 Å². The first-order valence-electron chi connectivity index (χ1n) is 7.25. The first-order valence-corrected chi connectivity index (χ1v) is 8.86. The van der Waals surface area contributed by atoms with E-state index in [-0.39, 0.29) is 17.6 Å². The normalized spacial score (nSPS) is 17.7. The Morgan fingerprint density at radius 3 is 2.55 bits per heavy atom. The Morgan fingerprint density at radius 1 is 1.14 bits per heavy atom. The Kier molecular flexibility index (Phi) is 4.02. The molecule has 1 unspecified atom stereocenters. The van der Waals surface area contributed by atoms with Crippen molar-refractivity contribution in [2.24, 2.45) is 0 Å². The van der Waals surface area contributed by atoms with Gasteiger partial charge >= 0.3 is 0 Å². The van der Waals surface area contributed by atoms with Gasteiger partial charge in [-0.2, -0.15) is 4.31 Å². The van der Waals surface area contributed by atoms with E-state index in [0.29, 0.717) is 5.56 Å². The van der Waals surface area contributed by atoms with Gasteiger partial charge in [0.25, 0.3) is 0 Å². The van der Waals surface area contributed by atoms with Crippen molar-refractivity contribution in [3.05, 3.63) is 71.0 Å². The summed E-state index contributed by atoms with van der Waals surface area (Å²) in [4.78, 5) is 0. The van der Waals surface area contributed by atoms with Gasteiger partial charge in [-0.3, -0.25) is 0 Å². The molecule has 3 nitrogen and oxygen atoms in total. The fourth-order valence-corrected chi connectivity index (χ4v) is 4.42. The minimum atomic E-state index is -3.44. The van der Waals surface area contributed by atoms with Gasteiger partial charge in [0.2, 0.25) is 10.0 Å². The summed E-state index contributed by atoms with van der Waals surface area (Å²) in [6.07, 6.45) is 1.70. The monoisotopic (exact) mass is 319 g/mol. The zero-order chi connectivity index (χ0) is 15.7. The predicted octanol–water partition coefficient (Wildman–Crippen LogP) is 3.27. The lowest BCUT2D eigenvalue weighted by Crippen LogP contribution is -2.31. The second-order valence-electron chi connectivity index (χ2n) is 5.65. The highest BCUT2D eigenvalue weighted by molar-refractivity contribution is 7.88. The SMILES string of the molecule is CN(C1CCc2ccccc21)S(=O)(=O)Cc1ccc(F)cc1. The molecule has 0 heterocycles. The van der Waals surface area contributed by atoms with Crippen molar-refractivity contribution in [1.29, 1.82) is 0 Å². The summed E-state index contributed by atoms with van der Waals surface area (Å²) in [6, 6.07) is 13.5. The van der Waals surface area contributed by atoms with Crippen molar-refractivity contribution in [3.63, 3.8) is 0 Å². The summed E-state index contributed by atoms with van der Waals surface area (Å²) >= 11 is 0. The minimum Gasteiger partial charge on any atom is -0.212 e. The summed E-state index contributed by atoms with van der Waals surface area (Å²) < 4.78 is 39.6. The van der Waals surface area contributed by atoms with Gasteiger partial charge in [0.05, 0.1) is 5.75 Å². The molecule has 116 valence electrons. The second-order valence-corrected chi connectivity index (χ2v) is 7.68. The molecule has 22 heavy (non-hydrogen) atoms. The van der Waals surface area contributed by atoms with Gasteiger partial charge in [-0.25, -0.2) is 12.8 Å². The van der Waals surface area contributed by atoms with Crippen LogP contribution in [0.5, 0.6) is 0 Å². The number of hydrogen-bond acceptors (Lipinski definition) is 2. The molecule has 2 aromatic rings. The summed E-state index contributed by atoms with van der Waals surface area (Å²) in [6.45, 7) is 0. The second kappa shape index (κ2) is 5.82. The molecule has 0 amide bonds. The summed E-state index contributed by atoms with van der Waals surface area (Å²) in [5, 5.41) is 0. The van der Waals surface area contributed by atoms with Crippen LogP contribution in [0.4, 0.5) is 4.39 Å². The maximum Gasteiger partial charge on any atom is 0.218 e. The van der Waals surface area contributed by atoms with E-state index in [2.05, 4.69) is 6.07 Å². The van der Waals surface area contributed by atoms with E-state index < -0.39 is 10.0 Å². The van der Waals surface area contributed by atoms with Crippen LogP contribution < -0.4 is 0 Å². The highest BCUT2D eigenvalue weighted by atomic mass is 32.2. The van der Waals surface area contributed by atoms with Crippen LogP contribution >= 0.6 is 0 Å².